The Morgan fingerprint density at radius 3 is 2.74 bits per heavy atom. The van der Waals surface area contributed by atoms with E-state index < -0.39 is 24.0 Å². The summed E-state index contributed by atoms with van der Waals surface area (Å²) in [6, 6.07) is 1.92. The average molecular weight is 285 g/mol. The Balaban J connectivity index is 2.30. The molecule has 0 bridgehead atoms. The molecule has 6 nitrogen and oxygen atoms in total. The zero-order valence-corrected chi connectivity index (χ0v) is 11.0. The average Bonchev–Trinajstić information content (AvgIpc) is 2.69. The molecule has 2 atom stereocenters. The number of hydrogen-bond acceptors (Lipinski definition) is 4. The summed E-state index contributed by atoms with van der Waals surface area (Å²) >= 11 is 5.78. The summed E-state index contributed by atoms with van der Waals surface area (Å²) in [5.74, 6) is -1.59. The van der Waals surface area contributed by atoms with E-state index >= 15 is 0 Å². The van der Waals surface area contributed by atoms with Crippen LogP contribution in [0.4, 0.5) is 0 Å². The number of nitrogens with zero attached hydrogens (tertiary/aromatic N) is 2. The van der Waals surface area contributed by atoms with Crippen LogP contribution in [0.3, 0.4) is 0 Å². The Morgan fingerprint density at radius 1 is 1.47 bits per heavy atom. The number of carboxylic acids is 1. The van der Waals surface area contributed by atoms with Crippen LogP contribution in [0, 0.1) is 6.92 Å². The van der Waals surface area contributed by atoms with Crippen LogP contribution in [0.5, 0.6) is 0 Å². The molecule has 2 N–H and O–H groups in total. The van der Waals surface area contributed by atoms with Crippen LogP contribution in [0.15, 0.2) is 12.1 Å². The summed E-state index contributed by atoms with van der Waals surface area (Å²) < 4.78 is 0. The van der Waals surface area contributed by atoms with E-state index in [4.69, 9.17) is 16.7 Å². The predicted octanol–water partition coefficient (Wildman–Crippen LogP) is 0.703. The second-order valence-electron chi connectivity index (χ2n) is 4.52. The number of aliphatic hydroxyl groups excluding tert-OH is 1. The van der Waals surface area contributed by atoms with Gasteiger partial charge in [-0.15, -0.1) is 0 Å². The van der Waals surface area contributed by atoms with Gasteiger partial charge >= 0.3 is 5.97 Å². The number of likely N-dealkylation sites (tertiary alicyclic amines) is 1. The van der Waals surface area contributed by atoms with Crippen LogP contribution >= 0.6 is 11.6 Å². The fourth-order valence-electron chi connectivity index (χ4n) is 2.19. The molecule has 2 rings (SSSR count). The van der Waals surface area contributed by atoms with Crippen molar-refractivity contribution in [3.05, 3.63) is 28.5 Å². The third kappa shape index (κ3) is 2.85. The van der Waals surface area contributed by atoms with Crippen molar-refractivity contribution in [3.63, 3.8) is 0 Å². The maximum atomic E-state index is 12.3. The highest BCUT2D eigenvalue weighted by molar-refractivity contribution is 6.29. The van der Waals surface area contributed by atoms with E-state index in [1.807, 2.05) is 0 Å². The molecule has 1 fully saturated rings. The van der Waals surface area contributed by atoms with Crippen LogP contribution in [0.1, 0.15) is 22.5 Å². The number of β-amino-alcohol motifs (C(OH)–C–C–N with tert-alkyl or cyclic N) is 1. The Bertz CT molecular complexity index is 514. The quantitative estimate of drug-likeness (QED) is 0.780. The number of aliphatic carboxylic acids is 1. The lowest BCUT2D eigenvalue weighted by Gasteiger charge is -2.21. The Labute approximate surface area is 114 Å². The molecule has 1 aromatic heterocycles. The van der Waals surface area contributed by atoms with Gasteiger partial charge in [0.25, 0.3) is 5.91 Å². The van der Waals surface area contributed by atoms with Gasteiger partial charge in [0.05, 0.1) is 6.10 Å². The van der Waals surface area contributed by atoms with Crippen molar-refractivity contribution in [2.45, 2.75) is 25.5 Å². The molecule has 1 aliphatic rings. The number of halogens is 1. The van der Waals surface area contributed by atoms with Crippen molar-refractivity contribution in [2.24, 2.45) is 0 Å². The Hall–Kier alpha value is -1.66. The number of carbonyl (C=O) groups is 2. The molecule has 1 aliphatic heterocycles. The molecular formula is C12H13ClN2O4. The molecule has 0 spiro atoms. The lowest BCUT2D eigenvalue weighted by atomic mass is 10.1. The van der Waals surface area contributed by atoms with Crippen molar-refractivity contribution >= 4 is 23.5 Å². The molecule has 102 valence electrons. The van der Waals surface area contributed by atoms with Gasteiger partial charge in [0.2, 0.25) is 0 Å². The van der Waals surface area contributed by atoms with Crippen molar-refractivity contribution < 1.29 is 19.8 Å². The van der Waals surface area contributed by atoms with Crippen molar-refractivity contribution in [3.8, 4) is 0 Å². The number of aryl methyl sites for hydroxylation is 1. The van der Waals surface area contributed by atoms with E-state index in [9.17, 15) is 14.7 Å². The van der Waals surface area contributed by atoms with Gasteiger partial charge in [-0.1, -0.05) is 11.6 Å². The van der Waals surface area contributed by atoms with Crippen LogP contribution < -0.4 is 0 Å². The first-order valence-corrected chi connectivity index (χ1v) is 6.12. The lowest BCUT2D eigenvalue weighted by Crippen LogP contribution is -2.40. The summed E-state index contributed by atoms with van der Waals surface area (Å²) in [4.78, 5) is 28.5. The minimum atomic E-state index is -1.12. The van der Waals surface area contributed by atoms with Crippen LogP contribution in [0.25, 0.3) is 0 Å². The zero-order chi connectivity index (χ0) is 14.2. The number of carboxylic acid groups (broad SMARTS) is 1. The highest BCUT2D eigenvalue weighted by Crippen LogP contribution is 2.22. The van der Waals surface area contributed by atoms with Crippen LogP contribution in [-0.4, -0.2) is 50.7 Å². The zero-order valence-electron chi connectivity index (χ0n) is 10.2. The number of hydrogen-bond donors (Lipinski definition) is 2. The van der Waals surface area contributed by atoms with Crippen LogP contribution in [-0.2, 0) is 4.79 Å². The van der Waals surface area contributed by atoms with Gasteiger partial charge in [0, 0.05) is 24.2 Å². The Kier molecular flexibility index (Phi) is 3.73. The molecule has 0 radical (unpaired) electrons. The molecule has 0 aromatic carbocycles. The predicted molar refractivity (Wildman–Crippen MR) is 67.1 cm³/mol. The number of carbonyl (C=O) groups excluding carboxylic acids is 1. The van der Waals surface area contributed by atoms with E-state index in [1.165, 1.54) is 12.1 Å². The van der Waals surface area contributed by atoms with Gasteiger partial charge in [-0.2, -0.15) is 0 Å². The summed E-state index contributed by atoms with van der Waals surface area (Å²) in [5.41, 5.74) is 0.848. The van der Waals surface area contributed by atoms with Crippen molar-refractivity contribution in [1.82, 2.24) is 9.88 Å². The van der Waals surface area contributed by atoms with E-state index in [1.54, 1.807) is 6.92 Å². The van der Waals surface area contributed by atoms with E-state index in [0.29, 0.717) is 5.69 Å². The van der Waals surface area contributed by atoms with E-state index in [0.717, 1.165) is 4.90 Å². The van der Waals surface area contributed by atoms with E-state index in [-0.39, 0.29) is 23.7 Å². The molecule has 1 amide bonds. The second-order valence-corrected chi connectivity index (χ2v) is 4.91. The van der Waals surface area contributed by atoms with Crippen LogP contribution in [0.2, 0.25) is 5.15 Å². The largest absolute Gasteiger partial charge is 0.480 e. The normalized spacial score (nSPS) is 22.6. The molecular weight excluding hydrogens is 272 g/mol. The maximum absolute atomic E-state index is 12.3. The summed E-state index contributed by atoms with van der Waals surface area (Å²) in [5, 5.41) is 18.8. The molecule has 2 heterocycles. The summed E-state index contributed by atoms with van der Waals surface area (Å²) in [6.45, 7) is 1.70. The lowest BCUT2D eigenvalue weighted by molar-refractivity contribution is -0.141. The SMILES string of the molecule is Cc1cc(C(=O)N2C[C@@H](O)C[C@H]2C(=O)O)cc(Cl)n1. The monoisotopic (exact) mass is 284 g/mol. The first kappa shape index (κ1) is 13.8. The number of rotatable bonds is 2. The van der Waals surface area contributed by atoms with Crippen molar-refractivity contribution in [2.75, 3.05) is 6.54 Å². The Morgan fingerprint density at radius 2 is 2.16 bits per heavy atom. The topological polar surface area (TPSA) is 90.7 Å². The highest BCUT2D eigenvalue weighted by atomic mass is 35.5. The maximum Gasteiger partial charge on any atom is 0.326 e. The number of aromatic nitrogens is 1. The van der Waals surface area contributed by atoms with Gasteiger partial charge in [-0.25, -0.2) is 9.78 Å². The third-order valence-electron chi connectivity index (χ3n) is 2.99. The number of amides is 1. The summed E-state index contributed by atoms with van der Waals surface area (Å²) in [6.07, 6.45) is -0.776. The molecule has 1 aromatic rings. The van der Waals surface area contributed by atoms with Gasteiger partial charge in [0.1, 0.15) is 11.2 Å². The fourth-order valence-corrected chi connectivity index (χ4v) is 2.44. The molecule has 1 saturated heterocycles. The minimum absolute atomic E-state index is 0.00872. The fraction of sp³-hybridized carbons (Fsp3) is 0.417. The number of aliphatic hydroxyl groups is 1. The third-order valence-corrected chi connectivity index (χ3v) is 3.19. The molecule has 19 heavy (non-hydrogen) atoms. The van der Waals surface area contributed by atoms with Gasteiger partial charge in [-0.05, 0) is 19.1 Å². The first-order chi connectivity index (χ1) is 8.88. The van der Waals surface area contributed by atoms with Gasteiger partial charge in [0.15, 0.2) is 0 Å². The van der Waals surface area contributed by atoms with Gasteiger partial charge in [-0.3, -0.25) is 4.79 Å². The number of pyridine rings is 1. The minimum Gasteiger partial charge on any atom is -0.480 e. The van der Waals surface area contributed by atoms with Crippen molar-refractivity contribution in [1.29, 1.82) is 0 Å². The van der Waals surface area contributed by atoms with Gasteiger partial charge < -0.3 is 15.1 Å². The highest BCUT2D eigenvalue weighted by Gasteiger charge is 2.39. The molecule has 0 saturated carbocycles. The second kappa shape index (κ2) is 5.14. The first-order valence-electron chi connectivity index (χ1n) is 5.74. The molecule has 0 aliphatic carbocycles. The van der Waals surface area contributed by atoms with E-state index in [2.05, 4.69) is 4.98 Å². The molecule has 0 unspecified atom stereocenters. The summed E-state index contributed by atoms with van der Waals surface area (Å²) in [7, 11) is 0. The standard InChI is InChI=1S/C12H13ClN2O4/c1-6-2-7(3-10(13)14-6)11(17)15-5-8(16)4-9(15)12(18)19/h2-3,8-9,16H,4-5H2,1H3,(H,18,19)/t8-,9-/m0/s1. The molecule has 7 heteroatoms. The smallest absolute Gasteiger partial charge is 0.326 e.